The number of rotatable bonds is 1. The molecule has 0 atom stereocenters. The van der Waals surface area contributed by atoms with E-state index in [-0.39, 0.29) is 11.5 Å². The first-order chi connectivity index (χ1) is 7.16. The van der Waals surface area contributed by atoms with Gasteiger partial charge >= 0.3 is 0 Å². The molecule has 0 unspecified atom stereocenters. The summed E-state index contributed by atoms with van der Waals surface area (Å²) in [6.07, 6.45) is 1.50. The van der Waals surface area contributed by atoms with E-state index in [4.69, 9.17) is 11.5 Å². The van der Waals surface area contributed by atoms with E-state index in [1.54, 1.807) is 12.1 Å². The van der Waals surface area contributed by atoms with Gasteiger partial charge in [-0.25, -0.2) is 14.4 Å². The zero-order chi connectivity index (χ0) is 10.8. The third kappa shape index (κ3) is 1.85. The lowest BCUT2D eigenvalue weighted by atomic mass is 10.1. The lowest BCUT2D eigenvalue weighted by Crippen LogP contribution is -1.96. The lowest BCUT2D eigenvalue weighted by molar-refractivity contribution is 0.626. The second-order valence-electron chi connectivity index (χ2n) is 3.04. The molecule has 0 aliphatic carbocycles. The van der Waals surface area contributed by atoms with Crippen LogP contribution in [0.5, 0.6) is 0 Å². The summed E-state index contributed by atoms with van der Waals surface area (Å²) in [5.74, 6) is 0.146. The van der Waals surface area contributed by atoms with Gasteiger partial charge in [-0.15, -0.1) is 0 Å². The minimum absolute atomic E-state index is 0.184. The average molecular weight is 204 g/mol. The van der Waals surface area contributed by atoms with E-state index in [0.29, 0.717) is 11.4 Å². The Morgan fingerprint density at radius 1 is 1.07 bits per heavy atom. The summed E-state index contributed by atoms with van der Waals surface area (Å²) in [5, 5.41) is 0. The van der Waals surface area contributed by atoms with Crippen LogP contribution in [-0.4, -0.2) is 9.97 Å². The lowest BCUT2D eigenvalue weighted by Gasteiger charge is -2.03. The van der Waals surface area contributed by atoms with E-state index in [1.165, 1.54) is 18.3 Å². The van der Waals surface area contributed by atoms with Crippen LogP contribution >= 0.6 is 0 Å². The quantitative estimate of drug-likeness (QED) is 0.736. The van der Waals surface area contributed by atoms with Crippen molar-refractivity contribution >= 4 is 11.6 Å². The fourth-order valence-electron chi connectivity index (χ4n) is 1.26. The Balaban J connectivity index is 2.58. The molecule has 5 heteroatoms. The average Bonchev–Trinajstić information content (AvgIpc) is 2.22. The number of nitrogens with two attached hydrogens (primary N) is 2. The summed E-state index contributed by atoms with van der Waals surface area (Å²) >= 11 is 0. The zero-order valence-corrected chi connectivity index (χ0v) is 7.81. The van der Waals surface area contributed by atoms with Crippen molar-refractivity contribution in [3.8, 4) is 11.3 Å². The molecule has 2 heterocycles. The maximum atomic E-state index is 13.4. The smallest absolute Gasteiger partial charge is 0.149 e. The van der Waals surface area contributed by atoms with E-state index in [9.17, 15) is 4.39 Å². The highest BCUT2D eigenvalue weighted by atomic mass is 19.1. The highest BCUT2D eigenvalue weighted by Gasteiger charge is 2.07. The number of halogens is 1. The van der Waals surface area contributed by atoms with Gasteiger partial charge in [0.05, 0.1) is 0 Å². The van der Waals surface area contributed by atoms with Crippen LogP contribution in [0, 0.1) is 5.82 Å². The Kier molecular flexibility index (Phi) is 2.21. The minimum Gasteiger partial charge on any atom is -0.384 e. The van der Waals surface area contributed by atoms with Crippen LogP contribution in [0.25, 0.3) is 11.3 Å². The van der Waals surface area contributed by atoms with E-state index in [2.05, 4.69) is 9.97 Å². The third-order valence-electron chi connectivity index (χ3n) is 1.92. The summed E-state index contributed by atoms with van der Waals surface area (Å²) in [6, 6.07) is 5.85. The van der Waals surface area contributed by atoms with Crippen molar-refractivity contribution in [1.82, 2.24) is 9.97 Å². The molecule has 0 spiro atoms. The highest BCUT2D eigenvalue weighted by molar-refractivity contribution is 5.63. The summed E-state index contributed by atoms with van der Waals surface area (Å²) in [4.78, 5) is 7.72. The van der Waals surface area contributed by atoms with Gasteiger partial charge in [0.15, 0.2) is 0 Å². The van der Waals surface area contributed by atoms with Gasteiger partial charge in [-0.05, 0) is 24.3 Å². The minimum atomic E-state index is -0.435. The van der Waals surface area contributed by atoms with Crippen molar-refractivity contribution in [2.24, 2.45) is 0 Å². The molecule has 76 valence electrons. The number of pyridine rings is 2. The first-order valence-electron chi connectivity index (χ1n) is 4.31. The van der Waals surface area contributed by atoms with Crippen molar-refractivity contribution in [3.63, 3.8) is 0 Å². The predicted molar refractivity (Wildman–Crippen MR) is 56.3 cm³/mol. The fourth-order valence-corrected chi connectivity index (χ4v) is 1.26. The normalized spacial score (nSPS) is 10.2. The largest absolute Gasteiger partial charge is 0.384 e. The monoisotopic (exact) mass is 204 g/mol. The molecule has 0 aliphatic heterocycles. The molecule has 15 heavy (non-hydrogen) atoms. The van der Waals surface area contributed by atoms with Gasteiger partial charge in [0.25, 0.3) is 0 Å². The molecular formula is C10H9FN4. The van der Waals surface area contributed by atoms with Gasteiger partial charge in [-0.3, -0.25) is 0 Å². The molecule has 2 rings (SSSR count). The standard InChI is InChI=1S/C10H9FN4/c11-7-1-2-8(12)15-10(7)6-3-4-14-9(13)5-6/h1-5H,(H2,12,15)(H2,13,14). The van der Waals surface area contributed by atoms with Crippen LogP contribution < -0.4 is 11.5 Å². The van der Waals surface area contributed by atoms with Crippen molar-refractivity contribution in [1.29, 1.82) is 0 Å². The Labute approximate surface area is 85.8 Å². The molecular weight excluding hydrogens is 195 g/mol. The number of hydrogen-bond donors (Lipinski definition) is 2. The summed E-state index contributed by atoms with van der Waals surface area (Å²) < 4.78 is 13.4. The molecule has 4 N–H and O–H groups in total. The first kappa shape index (κ1) is 9.39. The van der Waals surface area contributed by atoms with E-state index in [0.717, 1.165) is 0 Å². The van der Waals surface area contributed by atoms with Gasteiger partial charge in [-0.1, -0.05) is 0 Å². The maximum Gasteiger partial charge on any atom is 0.149 e. The molecule has 0 saturated heterocycles. The number of nitrogen functional groups attached to an aromatic ring is 2. The second kappa shape index (κ2) is 3.53. The Bertz CT molecular complexity index is 499. The summed E-state index contributed by atoms with van der Waals surface area (Å²) in [6.45, 7) is 0. The molecule has 0 radical (unpaired) electrons. The maximum absolute atomic E-state index is 13.4. The van der Waals surface area contributed by atoms with Crippen LogP contribution in [0.3, 0.4) is 0 Å². The highest BCUT2D eigenvalue weighted by Crippen LogP contribution is 2.22. The molecule has 2 aromatic heterocycles. The van der Waals surface area contributed by atoms with E-state index in [1.807, 2.05) is 0 Å². The molecule has 0 aliphatic rings. The number of nitrogens with zero attached hydrogens (tertiary/aromatic N) is 2. The first-order valence-corrected chi connectivity index (χ1v) is 4.31. The molecule has 4 nitrogen and oxygen atoms in total. The summed E-state index contributed by atoms with van der Waals surface area (Å²) in [7, 11) is 0. The van der Waals surface area contributed by atoms with Crippen molar-refractivity contribution < 1.29 is 4.39 Å². The van der Waals surface area contributed by atoms with Crippen molar-refractivity contribution in [2.45, 2.75) is 0 Å². The van der Waals surface area contributed by atoms with Gasteiger partial charge in [0.2, 0.25) is 0 Å². The molecule has 0 aromatic carbocycles. The van der Waals surface area contributed by atoms with Crippen molar-refractivity contribution in [3.05, 3.63) is 36.3 Å². The molecule has 0 saturated carbocycles. The Hall–Kier alpha value is -2.17. The topological polar surface area (TPSA) is 77.8 Å². The number of anilines is 2. The van der Waals surface area contributed by atoms with Gasteiger partial charge in [0, 0.05) is 11.8 Å². The molecule has 0 bridgehead atoms. The second-order valence-corrected chi connectivity index (χ2v) is 3.04. The fraction of sp³-hybridized carbons (Fsp3) is 0. The van der Waals surface area contributed by atoms with E-state index < -0.39 is 5.82 Å². The molecule has 2 aromatic rings. The zero-order valence-electron chi connectivity index (χ0n) is 7.81. The summed E-state index contributed by atoms with van der Waals surface area (Å²) in [5.41, 5.74) is 11.7. The van der Waals surface area contributed by atoms with Gasteiger partial charge in [-0.2, -0.15) is 0 Å². The Morgan fingerprint density at radius 3 is 2.60 bits per heavy atom. The predicted octanol–water partition coefficient (Wildman–Crippen LogP) is 1.45. The number of aromatic nitrogens is 2. The van der Waals surface area contributed by atoms with Crippen LogP contribution in [0.15, 0.2) is 30.5 Å². The van der Waals surface area contributed by atoms with Crippen LogP contribution in [0.1, 0.15) is 0 Å². The van der Waals surface area contributed by atoms with Crippen molar-refractivity contribution in [2.75, 3.05) is 11.5 Å². The number of hydrogen-bond acceptors (Lipinski definition) is 4. The van der Waals surface area contributed by atoms with Gasteiger partial charge in [0.1, 0.15) is 23.1 Å². The third-order valence-corrected chi connectivity index (χ3v) is 1.92. The Morgan fingerprint density at radius 2 is 1.87 bits per heavy atom. The van der Waals surface area contributed by atoms with Crippen LogP contribution in [0.4, 0.5) is 16.0 Å². The van der Waals surface area contributed by atoms with Gasteiger partial charge < -0.3 is 11.5 Å². The molecule has 0 fully saturated rings. The molecule has 0 amide bonds. The SMILES string of the molecule is Nc1cc(-c2nc(N)ccc2F)ccn1. The van der Waals surface area contributed by atoms with E-state index >= 15 is 0 Å². The van der Waals surface area contributed by atoms with Crippen LogP contribution in [0.2, 0.25) is 0 Å². The van der Waals surface area contributed by atoms with Crippen LogP contribution in [-0.2, 0) is 0 Å².